The van der Waals surface area contributed by atoms with Crippen LogP contribution >= 0.6 is 15.9 Å². The zero-order chi connectivity index (χ0) is 16.1. The summed E-state index contributed by atoms with van der Waals surface area (Å²) < 4.78 is 11.6. The van der Waals surface area contributed by atoms with E-state index in [0.717, 1.165) is 10.0 Å². The van der Waals surface area contributed by atoms with Gasteiger partial charge in [-0.25, -0.2) is 0 Å². The number of halogens is 1. The minimum atomic E-state index is -0.446. The van der Waals surface area contributed by atoms with E-state index in [1.165, 1.54) is 19.2 Å². The van der Waals surface area contributed by atoms with Crippen LogP contribution in [0.1, 0.15) is 11.1 Å². The topological polar surface area (TPSA) is 81.8 Å². The maximum absolute atomic E-state index is 10.6. The first-order valence-corrected chi connectivity index (χ1v) is 7.18. The van der Waals surface area contributed by atoms with E-state index in [1.807, 2.05) is 0 Å². The number of methoxy groups -OCH3 is 1. The second kappa shape index (κ2) is 7.24. The van der Waals surface area contributed by atoms with Crippen molar-refractivity contribution in [1.82, 2.24) is 0 Å². The van der Waals surface area contributed by atoms with Crippen LogP contribution < -0.4 is 9.47 Å². The zero-order valence-electron chi connectivity index (χ0n) is 11.8. The molecule has 0 aliphatic rings. The Labute approximate surface area is 135 Å². The molecule has 116 valence electrons. The number of rotatable bonds is 6. The van der Waals surface area contributed by atoms with Gasteiger partial charge < -0.3 is 14.6 Å². The van der Waals surface area contributed by atoms with Crippen molar-refractivity contribution >= 4 is 21.6 Å². The predicted octanol–water partition coefficient (Wildman–Crippen LogP) is 3.44. The third kappa shape index (κ3) is 3.75. The number of hydrogen-bond acceptors (Lipinski definition) is 5. The monoisotopic (exact) mass is 367 g/mol. The molecule has 0 spiro atoms. The highest BCUT2D eigenvalue weighted by Crippen LogP contribution is 2.34. The third-order valence-electron chi connectivity index (χ3n) is 3.04. The van der Waals surface area contributed by atoms with E-state index in [0.29, 0.717) is 17.1 Å². The van der Waals surface area contributed by atoms with Gasteiger partial charge in [0, 0.05) is 16.6 Å². The van der Waals surface area contributed by atoms with Gasteiger partial charge in [0.1, 0.15) is 6.61 Å². The summed E-state index contributed by atoms with van der Waals surface area (Å²) in [5.74, 6) is 1.03. The van der Waals surface area contributed by atoms with Gasteiger partial charge in [-0.3, -0.25) is 10.1 Å². The largest absolute Gasteiger partial charge is 0.493 e. The minimum Gasteiger partial charge on any atom is -0.493 e. The van der Waals surface area contributed by atoms with Crippen LogP contribution in [0.5, 0.6) is 11.5 Å². The lowest BCUT2D eigenvalue weighted by atomic mass is 10.2. The molecule has 0 saturated heterocycles. The van der Waals surface area contributed by atoms with Crippen LogP contribution in [0, 0.1) is 10.1 Å². The molecule has 1 N–H and O–H groups in total. The first-order chi connectivity index (χ1) is 10.5. The molecule has 0 saturated carbocycles. The fourth-order valence-electron chi connectivity index (χ4n) is 1.85. The Hall–Kier alpha value is -2.12. The fraction of sp³-hybridized carbons (Fsp3) is 0.200. The van der Waals surface area contributed by atoms with Gasteiger partial charge in [0.25, 0.3) is 5.69 Å². The molecule has 0 radical (unpaired) electrons. The van der Waals surface area contributed by atoms with Gasteiger partial charge in [-0.15, -0.1) is 0 Å². The van der Waals surface area contributed by atoms with Crippen LogP contribution in [-0.4, -0.2) is 17.1 Å². The van der Waals surface area contributed by atoms with Crippen molar-refractivity contribution in [2.75, 3.05) is 7.11 Å². The molecule has 2 rings (SSSR count). The number of non-ortho nitro benzene ring substituents is 1. The Morgan fingerprint density at radius 1 is 1.23 bits per heavy atom. The Morgan fingerprint density at radius 2 is 1.91 bits per heavy atom. The molecule has 6 nitrogen and oxygen atoms in total. The first-order valence-electron chi connectivity index (χ1n) is 6.38. The predicted molar refractivity (Wildman–Crippen MR) is 84.0 cm³/mol. The molecule has 2 aromatic carbocycles. The van der Waals surface area contributed by atoms with E-state index in [-0.39, 0.29) is 18.9 Å². The van der Waals surface area contributed by atoms with Crippen LogP contribution in [-0.2, 0) is 13.2 Å². The van der Waals surface area contributed by atoms with Crippen LogP contribution in [0.4, 0.5) is 5.69 Å². The van der Waals surface area contributed by atoms with E-state index in [4.69, 9.17) is 9.47 Å². The number of hydrogen-bond donors (Lipinski definition) is 1. The van der Waals surface area contributed by atoms with Crippen LogP contribution in [0.15, 0.2) is 40.9 Å². The van der Waals surface area contributed by atoms with Crippen molar-refractivity contribution in [3.05, 3.63) is 62.1 Å². The van der Waals surface area contributed by atoms with Crippen molar-refractivity contribution in [3.63, 3.8) is 0 Å². The summed E-state index contributed by atoms with van der Waals surface area (Å²) in [6, 6.07) is 9.55. The molecule has 22 heavy (non-hydrogen) atoms. The molecule has 0 aliphatic heterocycles. The zero-order valence-corrected chi connectivity index (χ0v) is 13.4. The van der Waals surface area contributed by atoms with E-state index in [2.05, 4.69) is 15.9 Å². The lowest BCUT2D eigenvalue weighted by Crippen LogP contribution is -1.99. The van der Waals surface area contributed by atoms with Gasteiger partial charge in [0.05, 0.1) is 18.6 Å². The Balaban J connectivity index is 2.13. The lowest BCUT2D eigenvalue weighted by molar-refractivity contribution is -0.384. The number of nitro benzene ring substituents is 1. The van der Waals surface area contributed by atoms with Crippen molar-refractivity contribution in [1.29, 1.82) is 0 Å². The Morgan fingerprint density at radius 3 is 2.45 bits per heavy atom. The highest BCUT2D eigenvalue weighted by Gasteiger charge is 2.10. The second-order valence-electron chi connectivity index (χ2n) is 4.46. The van der Waals surface area contributed by atoms with Crippen molar-refractivity contribution in [2.45, 2.75) is 13.2 Å². The highest BCUT2D eigenvalue weighted by atomic mass is 79.9. The van der Waals surface area contributed by atoms with Gasteiger partial charge in [-0.1, -0.05) is 15.9 Å². The van der Waals surface area contributed by atoms with E-state index in [9.17, 15) is 15.2 Å². The van der Waals surface area contributed by atoms with E-state index < -0.39 is 4.92 Å². The Bertz CT molecular complexity index is 672. The summed E-state index contributed by atoms with van der Waals surface area (Å²) in [6.07, 6.45) is 0. The number of ether oxygens (including phenoxy) is 2. The van der Waals surface area contributed by atoms with Gasteiger partial charge in [-0.2, -0.15) is 0 Å². The fourth-order valence-corrected chi connectivity index (χ4v) is 2.29. The van der Waals surface area contributed by atoms with Gasteiger partial charge >= 0.3 is 0 Å². The quantitative estimate of drug-likeness (QED) is 0.624. The van der Waals surface area contributed by atoms with E-state index >= 15 is 0 Å². The summed E-state index contributed by atoms with van der Waals surface area (Å²) in [4.78, 5) is 10.2. The normalized spacial score (nSPS) is 10.3. The van der Waals surface area contributed by atoms with Crippen LogP contribution in [0.25, 0.3) is 0 Å². The van der Waals surface area contributed by atoms with Crippen molar-refractivity contribution in [2.24, 2.45) is 0 Å². The molecule has 0 amide bonds. The summed E-state index contributed by atoms with van der Waals surface area (Å²) in [5.41, 5.74) is 1.53. The summed E-state index contributed by atoms with van der Waals surface area (Å²) in [6.45, 7) is 0.138. The molecule has 0 fully saturated rings. The molecule has 2 aromatic rings. The molecule has 0 aromatic heterocycles. The molecule has 0 bridgehead atoms. The standard InChI is InChI=1S/C15H14BrNO5/c1-21-14-6-11(8-18)13(16)7-15(14)22-9-10-2-4-12(5-3-10)17(19)20/h2-7,18H,8-9H2,1H3. The average molecular weight is 368 g/mol. The number of benzene rings is 2. The summed E-state index contributed by atoms with van der Waals surface area (Å²) >= 11 is 3.35. The maximum Gasteiger partial charge on any atom is 0.269 e. The maximum atomic E-state index is 10.6. The van der Waals surface area contributed by atoms with Gasteiger partial charge in [0.2, 0.25) is 0 Å². The third-order valence-corrected chi connectivity index (χ3v) is 3.78. The number of nitrogens with zero attached hydrogens (tertiary/aromatic N) is 1. The number of nitro groups is 1. The molecule has 0 aliphatic carbocycles. The smallest absolute Gasteiger partial charge is 0.269 e. The summed E-state index contributed by atoms with van der Waals surface area (Å²) in [5, 5.41) is 19.8. The lowest BCUT2D eigenvalue weighted by Gasteiger charge is -2.13. The van der Waals surface area contributed by atoms with Crippen LogP contribution in [0.3, 0.4) is 0 Å². The van der Waals surface area contributed by atoms with Gasteiger partial charge in [-0.05, 0) is 35.4 Å². The van der Waals surface area contributed by atoms with Crippen molar-refractivity contribution in [3.8, 4) is 11.5 Å². The Kier molecular flexibility index (Phi) is 5.35. The molecule has 0 heterocycles. The van der Waals surface area contributed by atoms with Crippen LogP contribution in [0.2, 0.25) is 0 Å². The highest BCUT2D eigenvalue weighted by molar-refractivity contribution is 9.10. The molecule has 0 atom stereocenters. The number of aliphatic hydroxyl groups is 1. The average Bonchev–Trinajstić information content (AvgIpc) is 2.53. The van der Waals surface area contributed by atoms with Crippen molar-refractivity contribution < 1.29 is 19.5 Å². The molecule has 7 heteroatoms. The first kappa shape index (κ1) is 16.3. The molecular formula is C15H14BrNO5. The summed E-state index contributed by atoms with van der Waals surface area (Å²) in [7, 11) is 1.52. The van der Waals surface area contributed by atoms with E-state index in [1.54, 1.807) is 24.3 Å². The van der Waals surface area contributed by atoms with Gasteiger partial charge in [0.15, 0.2) is 11.5 Å². The number of aliphatic hydroxyl groups excluding tert-OH is 1. The molecule has 0 unspecified atom stereocenters. The SMILES string of the molecule is COc1cc(CO)c(Br)cc1OCc1ccc([N+](=O)[O-])cc1. The second-order valence-corrected chi connectivity index (χ2v) is 5.32. The molecular weight excluding hydrogens is 354 g/mol. The minimum absolute atomic E-state index is 0.0383.